The van der Waals surface area contributed by atoms with Crippen molar-refractivity contribution < 1.29 is 4.79 Å². The number of unbranched alkanes of at least 4 members (excludes halogenated alkanes) is 1. The van der Waals surface area contributed by atoms with Crippen molar-refractivity contribution in [1.29, 1.82) is 0 Å². The number of nitrogen functional groups attached to an aromatic ring is 1. The summed E-state index contributed by atoms with van der Waals surface area (Å²) in [6, 6.07) is 18.0. The van der Waals surface area contributed by atoms with Gasteiger partial charge in [0.1, 0.15) is 0 Å². The van der Waals surface area contributed by atoms with E-state index >= 15 is 0 Å². The lowest BCUT2D eigenvalue weighted by Crippen LogP contribution is -2.29. The molecule has 0 unspecified atom stereocenters. The van der Waals surface area contributed by atoms with Gasteiger partial charge in [0.15, 0.2) is 0 Å². The summed E-state index contributed by atoms with van der Waals surface area (Å²) in [5.74, 6) is 4.83. The number of nitrogens with two attached hydrogens (primary N) is 1. The third-order valence-electron chi connectivity index (χ3n) is 3.21. The van der Waals surface area contributed by atoms with Crippen LogP contribution in [0.25, 0.3) is 0 Å². The number of hydrazine groups is 1. The summed E-state index contributed by atoms with van der Waals surface area (Å²) in [6.07, 6.45) is 5.30. The van der Waals surface area contributed by atoms with Crippen LogP contribution in [0.3, 0.4) is 0 Å². The molecule has 0 saturated carbocycles. The highest BCUT2D eigenvalue weighted by Crippen LogP contribution is 2.10. The molecule has 2 rings (SSSR count). The number of benzene rings is 2. The highest BCUT2D eigenvalue weighted by Gasteiger charge is 2.02. The molecule has 3 nitrogen and oxygen atoms in total. The molecule has 1 radical (unpaired) electrons. The lowest BCUT2D eigenvalue weighted by Gasteiger charge is -2.04. The van der Waals surface area contributed by atoms with Crippen molar-refractivity contribution >= 4 is 5.91 Å². The van der Waals surface area contributed by atoms with Crippen LogP contribution in [-0.2, 0) is 12.8 Å². The number of hydrogen-bond acceptors (Lipinski definition) is 2. The van der Waals surface area contributed by atoms with Crippen LogP contribution in [0.1, 0.15) is 27.9 Å². The van der Waals surface area contributed by atoms with Crippen molar-refractivity contribution in [1.82, 2.24) is 5.43 Å². The minimum atomic E-state index is -0.260. The van der Waals surface area contributed by atoms with E-state index in [2.05, 4.69) is 36.1 Å². The summed E-state index contributed by atoms with van der Waals surface area (Å²) in [6.45, 7) is 0. The Balaban J connectivity index is 1.75. The molecule has 0 aromatic heterocycles. The Hall–Kier alpha value is -2.13. The van der Waals surface area contributed by atoms with Crippen LogP contribution < -0.4 is 11.3 Å². The van der Waals surface area contributed by atoms with Crippen molar-refractivity contribution in [2.24, 2.45) is 5.84 Å². The van der Waals surface area contributed by atoms with Crippen LogP contribution >= 0.6 is 0 Å². The second-order valence-corrected chi connectivity index (χ2v) is 4.69. The molecule has 0 fully saturated rings. The van der Waals surface area contributed by atoms with Gasteiger partial charge in [-0.25, -0.2) is 5.84 Å². The molecular formula is C17H19N2O. The van der Waals surface area contributed by atoms with E-state index < -0.39 is 0 Å². The molecule has 0 heterocycles. The monoisotopic (exact) mass is 267 g/mol. The first kappa shape index (κ1) is 14.3. The first-order chi connectivity index (χ1) is 9.79. The Morgan fingerprint density at radius 2 is 1.70 bits per heavy atom. The quantitative estimate of drug-likeness (QED) is 0.366. The molecule has 20 heavy (non-hydrogen) atoms. The number of carbonyl (C=O) groups excluding carboxylic acids is 1. The Morgan fingerprint density at radius 3 is 2.35 bits per heavy atom. The van der Waals surface area contributed by atoms with Crippen molar-refractivity contribution in [2.75, 3.05) is 0 Å². The van der Waals surface area contributed by atoms with Gasteiger partial charge in [-0.15, -0.1) is 0 Å². The molecule has 2 aromatic carbocycles. The molecule has 3 heteroatoms. The van der Waals surface area contributed by atoms with Gasteiger partial charge in [-0.05, 0) is 48.9 Å². The van der Waals surface area contributed by atoms with E-state index in [1.807, 2.05) is 18.2 Å². The average molecular weight is 267 g/mol. The average Bonchev–Trinajstić information content (AvgIpc) is 2.52. The summed E-state index contributed by atoms with van der Waals surface area (Å²) in [5, 5.41) is 0. The van der Waals surface area contributed by atoms with Crippen LogP contribution in [0, 0.1) is 6.42 Å². The van der Waals surface area contributed by atoms with Gasteiger partial charge in [0.05, 0.1) is 0 Å². The number of carbonyl (C=O) groups is 1. The van der Waals surface area contributed by atoms with Gasteiger partial charge in [-0.1, -0.05) is 42.5 Å². The van der Waals surface area contributed by atoms with Crippen molar-refractivity contribution in [2.45, 2.75) is 19.3 Å². The maximum atomic E-state index is 11.3. The maximum Gasteiger partial charge on any atom is 0.265 e. The lowest BCUT2D eigenvalue weighted by atomic mass is 10.0. The normalized spacial score (nSPS) is 10.2. The molecule has 0 aliphatic heterocycles. The van der Waals surface area contributed by atoms with Crippen LogP contribution in [0.4, 0.5) is 0 Å². The summed E-state index contributed by atoms with van der Waals surface area (Å²) in [4.78, 5) is 11.3. The second-order valence-electron chi connectivity index (χ2n) is 4.69. The minimum absolute atomic E-state index is 0.260. The van der Waals surface area contributed by atoms with Crippen molar-refractivity contribution in [3.05, 3.63) is 77.7 Å². The predicted octanol–water partition coefficient (Wildman–Crippen LogP) is 2.67. The standard InChI is InChI=1S/C17H19N2O/c18-19-17(20)16-12-10-15(11-13-16)9-5-4-8-14-6-2-1-3-7-14/h1-3,5-7,10-13H,4,8-9,18H2,(H,19,20). The number of aryl methyl sites for hydroxylation is 1. The van der Waals surface area contributed by atoms with Gasteiger partial charge in [-0.3, -0.25) is 10.2 Å². The van der Waals surface area contributed by atoms with Crippen LogP contribution in [0.2, 0.25) is 0 Å². The Kier molecular flexibility index (Phi) is 5.33. The Bertz CT molecular complexity index is 535. The van der Waals surface area contributed by atoms with E-state index in [4.69, 9.17) is 5.84 Å². The van der Waals surface area contributed by atoms with Crippen molar-refractivity contribution in [3.63, 3.8) is 0 Å². The molecule has 0 bridgehead atoms. The molecule has 0 spiro atoms. The molecule has 0 aliphatic rings. The highest BCUT2D eigenvalue weighted by molar-refractivity contribution is 5.93. The molecular weight excluding hydrogens is 248 g/mol. The Morgan fingerprint density at radius 1 is 1.00 bits per heavy atom. The number of hydrogen-bond donors (Lipinski definition) is 2. The summed E-state index contributed by atoms with van der Waals surface area (Å²) in [5.41, 5.74) is 5.27. The first-order valence-corrected chi connectivity index (χ1v) is 6.75. The van der Waals surface area contributed by atoms with E-state index in [1.54, 1.807) is 12.1 Å². The Labute approximate surface area is 119 Å². The fourth-order valence-electron chi connectivity index (χ4n) is 2.06. The lowest BCUT2D eigenvalue weighted by molar-refractivity contribution is 0.0953. The van der Waals surface area contributed by atoms with Gasteiger partial charge in [0, 0.05) is 5.56 Å². The van der Waals surface area contributed by atoms with E-state index in [9.17, 15) is 4.79 Å². The predicted molar refractivity (Wildman–Crippen MR) is 80.9 cm³/mol. The number of amides is 1. The minimum Gasteiger partial charge on any atom is -0.290 e. The number of rotatable bonds is 6. The molecule has 2 aromatic rings. The fourth-order valence-corrected chi connectivity index (χ4v) is 2.06. The van der Waals surface area contributed by atoms with Crippen molar-refractivity contribution in [3.8, 4) is 0 Å². The molecule has 0 saturated heterocycles. The smallest absolute Gasteiger partial charge is 0.265 e. The van der Waals surface area contributed by atoms with Gasteiger partial charge in [0.2, 0.25) is 0 Å². The zero-order valence-corrected chi connectivity index (χ0v) is 11.4. The molecule has 3 N–H and O–H groups in total. The highest BCUT2D eigenvalue weighted by atomic mass is 16.2. The summed E-state index contributed by atoms with van der Waals surface area (Å²) in [7, 11) is 0. The third kappa shape index (κ3) is 4.21. The van der Waals surface area contributed by atoms with E-state index in [1.165, 1.54) is 11.1 Å². The fraction of sp³-hybridized carbons (Fsp3) is 0.176. The molecule has 0 aliphatic carbocycles. The van der Waals surface area contributed by atoms with Crippen LogP contribution in [0.5, 0.6) is 0 Å². The van der Waals surface area contributed by atoms with Gasteiger partial charge in [0.25, 0.3) is 5.91 Å². The van der Waals surface area contributed by atoms with Gasteiger partial charge < -0.3 is 0 Å². The van der Waals surface area contributed by atoms with E-state index in [0.717, 1.165) is 19.3 Å². The SMILES string of the molecule is NNC(=O)c1ccc(C[CH]CCc2ccccc2)cc1. The van der Waals surface area contributed by atoms with Gasteiger partial charge in [-0.2, -0.15) is 0 Å². The van der Waals surface area contributed by atoms with Gasteiger partial charge >= 0.3 is 0 Å². The second kappa shape index (κ2) is 7.46. The van der Waals surface area contributed by atoms with E-state index in [0.29, 0.717) is 5.56 Å². The largest absolute Gasteiger partial charge is 0.290 e. The zero-order valence-electron chi connectivity index (χ0n) is 11.4. The number of nitrogens with one attached hydrogen (secondary N) is 1. The summed E-state index contributed by atoms with van der Waals surface area (Å²) >= 11 is 0. The summed E-state index contributed by atoms with van der Waals surface area (Å²) < 4.78 is 0. The zero-order chi connectivity index (χ0) is 14.2. The maximum absolute atomic E-state index is 11.3. The molecule has 103 valence electrons. The molecule has 0 atom stereocenters. The van der Waals surface area contributed by atoms with Crippen LogP contribution in [-0.4, -0.2) is 5.91 Å². The van der Waals surface area contributed by atoms with E-state index in [-0.39, 0.29) is 5.91 Å². The molecule has 1 amide bonds. The van der Waals surface area contributed by atoms with Crippen LogP contribution in [0.15, 0.2) is 54.6 Å². The first-order valence-electron chi connectivity index (χ1n) is 6.75. The topological polar surface area (TPSA) is 55.1 Å². The third-order valence-corrected chi connectivity index (χ3v) is 3.21.